The summed E-state index contributed by atoms with van der Waals surface area (Å²) in [6.07, 6.45) is 1.66. The van der Waals surface area contributed by atoms with Crippen LogP contribution in [0.15, 0.2) is 60.2 Å². The lowest BCUT2D eigenvalue weighted by atomic mass is 10.0. The van der Waals surface area contributed by atoms with Crippen LogP contribution >= 0.6 is 0 Å². The first-order chi connectivity index (χ1) is 10.1. The molecular weight excluding hydrogens is 260 g/mol. The molecule has 0 atom stereocenters. The van der Waals surface area contributed by atoms with E-state index in [2.05, 4.69) is 0 Å². The summed E-state index contributed by atoms with van der Waals surface area (Å²) in [5.41, 5.74) is 3.79. The number of allylic oxidation sites excluding steroid dienone is 2. The molecule has 0 aliphatic rings. The van der Waals surface area contributed by atoms with Gasteiger partial charge in [-0.1, -0.05) is 35.9 Å². The zero-order valence-electron chi connectivity index (χ0n) is 12.7. The third-order valence-electron chi connectivity index (χ3n) is 3.13. The normalized spacial score (nSPS) is 10.0. The predicted octanol–water partition coefficient (Wildman–Crippen LogP) is 4.72. The standard InChI is InChI=1S/C19H20O2/c1-14(2)11-19(20)18-10-9-17(12-15(18)3)21-13-16-7-5-4-6-8-16/h4-12H,13H2,1-3H3. The number of ether oxygens (including phenoxy) is 1. The van der Waals surface area contributed by atoms with Crippen LogP contribution in [0.1, 0.15) is 35.3 Å². The van der Waals surface area contributed by atoms with Crippen LogP contribution in [0, 0.1) is 6.92 Å². The van der Waals surface area contributed by atoms with Gasteiger partial charge in [0.05, 0.1) is 0 Å². The minimum atomic E-state index is 0.0436. The van der Waals surface area contributed by atoms with Crippen LogP contribution in [0.3, 0.4) is 0 Å². The zero-order chi connectivity index (χ0) is 15.2. The molecule has 2 nitrogen and oxygen atoms in total. The summed E-state index contributed by atoms with van der Waals surface area (Å²) in [5, 5.41) is 0. The molecule has 2 aromatic carbocycles. The van der Waals surface area contributed by atoms with Crippen molar-refractivity contribution in [2.45, 2.75) is 27.4 Å². The monoisotopic (exact) mass is 280 g/mol. The Kier molecular flexibility index (Phi) is 4.94. The van der Waals surface area contributed by atoms with E-state index in [1.165, 1.54) is 0 Å². The maximum absolute atomic E-state index is 12.0. The minimum absolute atomic E-state index is 0.0436. The molecule has 0 amide bonds. The lowest BCUT2D eigenvalue weighted by Crippen LogP contribution is -2.00. The fourth-order valence-corrected chi connectivity index (χ4v) is 2.08. The quantitative estimate of drug-likeness (QED) is 0.585. The summed E-state index contributed by atoms with van der Waals surface area (Å²) in [6, 6.07) is 15.6. The fourth-order valence-electron chi connectivity index (χ4n) is 2.08. The molecule has 0 saturated heterocycles. The molecule has 0 spiro atoms. The zero-order valence-corrected chi connectivity index (χ0v) is 12.7. The molecule has 0 heterocycles. The van der Waals surface area contributed by atoms with E-state index in [0.29, 0.717) is 6.61 Å². The Morgan fingerprint density at radius 1 is 1.10 bits per heavy atom. The Bertz CT molecular complexity index is 651. The van der Waals surface area contributed by atoms with E-state index < -0.39 is 0 Å². The topological polar surface area (TPSA) is 26.3 Å². The second kappa shape index (κ2) is 6.89. The van der Waals surface area contributed by atoms with Crippen LogP contribution in [-0.2, 0) is 6.61 Å². The molecule has 2 aromatic rings. The van der Waals surface area contributed by atoms with E-state index in [0.717, 1.165) is 28.0 Å². The number of carbonyl (C=O) groups excluding carboxylic acids is 1. The van der Waals surface area contributed by atoms with Gasteiger partial charge in [-0.25, -0.2) is 0 Å². The van der Waals surface area contributed by atoms with Gasteiger partial charge < -0.3 is 4.74 Å². The van der Waals surface area contributed by atoms with E-state index in [1.807, 2.05) is 69.3 Å². The summed E-state index contributed by atoms with van der Waals surface area (Å²) in [5.74, 6) is 0.826. The number of hydrogen-bond donors (Lipinski definition) is 0. The Hall–Kier alpha value is -2.35. The Labute approximate surface area is 126 Å². The van der Waals surface area contributed by atoms with Crippen LogP contribution in [0.2, 0.25) is 0 Å². The molecule has 0 aromatic heterocycles. The Balaban J connectivity index is 2.09. The van der Waals surface area contributed by atoms with Crippen LogP contribution in [0.4, 0.5) is 0 Å². The molecule has 0 N–H and O–H groups in total. The van der Waals surface area contributed by atoms with Crippen LogP contribution < -0.4 is 4.74 Å². The molecule has 0 bridgehead atoms. The van der Waals surface area contributed by atoms with Gasteiger partial charge in [0.2, 0.25) is 0 Å². The lowest BCUT2D eigenvalue weighted by Gasteiger charge is -2.09. The van der Waals surface area contributed by atoms with Gasteiger partial charge in [0.1, 0.15) is 12.4 Å². The highest BCUT2D eigenvalue weighted by atomic mass is 16.5. The van der Waals surface area contributed by atoms with E-state index in [-0.39, 0.29) is 5.78 Å². The van der Waals surface area contributed by atoms with Crippen molar-refractivity contribution in [1.29, 1.82) is 0 Å². The first-order valence-electron chi connectivity index (χ1n) is 7.03. The highest BCUT2D eigenvalue weighted by molar-refractivity contribution is 6.05. The maximum atomic E-state index is 12.0. The maximum Gasteiger partial charge on any atom is 0.186 e. The van der Waals surface area contributed by atoms with Crippen molar-refractivity contribution in [3.8, 4) is 5.75 Å². The van der Waals surface area contributed by atoms with Gasteiger partial charge in [0.25, 0.3) is 0 Å². The van der Waals surface area contributed by atoms with E-state index in [1.54, 1.807) is 6.08 Å². The van der Waals surface area contributed by atoms with Gasteiger partial charge >= 0.3 is 0 Å². The molecule has 0 unspecified atom stereocenters. The van der Waals surface area contributed by atoms with Gasteiger partial charge in [0.15, 0.2) is 5.78 Å². The summed E-state index contributed by atoms with van der Waals surface area (Å²) in [4.78, 5) is 12.0. The molecule has 2 rings (SSSR count). The number of benzene rings is 2. The van der Waals surface area contributed by atoms with E-state index in [9.17, 15) is 4.79 Å². The number of rotatable bonds is 5. The lowest BCUT2D eigenvalue weighted by molar-refractivity contribution is 0.104. The highest BCUT2D eigenvalue weighted by Crippen LogP contribution is 2.19. The molecule has 0 fully saturated rings. The molecule has 0 aliphatic heterocycles. The predicted molar refractivity (Wildman–Crippen MR) is 85.7 cm³/mol. The highest BCUT2D eigenvalue weighted by Gasteiger charge is 2.07. The molecule has 0 radical (unpaired) electrons. The van der Waals surface area contributed by atoms with Gasteiger partial charge in [-0.05, 0) is 56.2 Å². The first-order valence-corrected chi connectivity index (χ1v) is 7.03. The van der Waals surface area contributed by atoms with Crippen molar-refractivity contribution < 1.29 is 9.53 Å². The average molecular weight is 280 g/mol. The van der Waals surface area contributed by atoms with E-state index >= 15 is 0 Å². The largest absolute Gasteiger partial charge is 0.489 e. The summed E-state index contributed by atoms with van der Waals surface area (Å²) in [7, 11) is 0. The fraction of sp³-hybridized carbons (Fsp3) is 0.211. The van der Waals surface area contributed by atoms with Crippen LogP contribution in [-0.4, -0.2) is 5.78 Å². The Morgan fingerprint density at radius 2 is 1.81 bits per heavy atom. The van der Waals surface area contributed by atoms with Gasteiger partial charge in [-0.2, -0.15) is 0 Å². The number of aryl methyl sites for hydroxylation is 1. The molecule has 108 valence electrons. The van der Waals surface area contributed by atoms with Crippen LogP contribution in [0.5, 0.6) is 5.75 Å². The average Bonchev–Trinajstić information content (AvgIpc) is 2.45. The number of carbonyl (C=O) groups is 1. The third kappa shape index (κ3) is 4.32. The summed E-state index contributed by atoms with van der Waals surface area (Å²) >= 11 is 0. The van der Waals surface area contributed by atoms with Crippen molar-refractivity contribution in [2.75, 3.05) is 0 Å². The third-order valence-corrected chi connectivity index (χ3v) is 3.13. The molecule has 21 heavy (non-hydrogen) atoms. The smallest absolute Gasteiger partial charge is 0.186 e. The SMILES string of the molecule is CC(C)=CC(=O)c1ccc(OCc2ccccc2)cc1C. The van der Waals surface area contributed by atoms with Crippen LogP contribution in [0.25, 0.3) is 0 Å². The Morgan fingerprint density at radius 3 is 2.43 bits per heavy atom. The number of hydrogen-bond acceptors (Lipinski definition) is 2. The number of ketones is 1. The van der Waals surface area contributed by atoms with Crippen molar-refractivity contribution in [1.82, 2.24) is 0 Å². The summed E-state index contributed by atoms with van der Waals surface area (Å²) in [6.45, 7) is 6.30. The van der Waals surface area contributed by atoms with Gasteiger partial charge in [0, 0.05) is 5.56 Å². The van der Waals surface area contributed by atoms with Crippen molar-refractivity contribution >= 4 is 5.78 Å². The summed E-state index contributed by atoms with van der Waals surface area (Å²) < 4.78 is 5.76. The molecule has 0 aliphatic carbocycles. The first kappa shape index (κ1) is 15.0. The van der Waals surface area contributed by atoms with E-state index in [4.69, 9.17) is 4.74 Å². The van der Waals surface area contributed by atoms with Crippen molar-refractivity contribution in [3.63, 3.8) is 0 Å². The van der Waals surface area contributed by atoms with Gasteiger partial charge in [-0.15, -0.1) is 0 Å². The molecular formula is C19H20O2. The molecule has 0 saturated carbocycles. The van der Waals surface area contributed by atoms with Crippen molar-refractivity contribution in [3.05, 3.63) is 76.9 Å². The van der Waals surface area contributed by atoms with Crippen molar-refractivity contribution in [2.24, 2.45) is 0 Å². The second-order valence-electron chi connectivity index (χ2n) is 5.34. The molecule has 2 heteroatoms. The van der Waals surface area contributed by atoms with Gasteiger partial charge in [-0.3, -0.25) is 4.79 Å². The minimum Gasteiger partial charge on any atom is -0.489 e. The second-order valence-corrected chi connectivity index (χ2v) is 5.34.